The highest BCUT2D eigenvalue weighted by Gasteiger charge is 2.36. The van der Waals surface area contributed by atoms with E-state index in [0.29, 0.717) is 41.4 Å². The normalized spacial score (nSPS) is 27.1. The van der Waals surface area contributed by atoms with Crippen LogP contribution in [-0.2, 0) is 0 Å². The molecule has 1 aromatic rings. The van der Waals surface area contributed by atoms with Gasteiger partial charge in [-0.05, 0) is 43.9 Å². The summed E-state index contributed by atoms with van der Waals surface area (Å²) in [6, 6.07) is 6.35. The van der Waals surface area contributed by atoms with Crippen LogP contribution in [0.2, 0.25) is 5.02 Å². The van der Waals surface area contributed by atoms with Crippen molar-refractivity contribution in [2.24, 2.45) is 0 Å². The second-order valence-corrected chi connectivity index (χ2v) is 7.64. The van der Waals surface area contributed by atoms with Crippen molar-refractivity contribution in [3.8, 4) is 0 Å². The van der Waals surface area contributed by atoms with Gasteiger partial charge in [0, 0.05) is 43.8 Å². The molecule has 3 aliphatic heterocycles. The van der Waals surface area contributed by atoms with E-state index < -0.39 is 0 Å². The van der Waals surface area contributed by atoms with Crippen LogP contribution in [-0.4, -0.2) is 55.1 Å². The largest absolute Gasteiger partial charge is 0.339 e. The van der Waals surface area contributed by atoms with E-state index in [9.17, 15) is 9.59 Å². The van der Waals surface area contributed by atoms with Gasteiger partial charge in [0.25, 0.3) is 5.91 Å². The number of hydrogen-bond donors (Lipinski definition) is 2. The minimum Gasteiger partial charge on any atom is -0.339 e. The predicted octanol–water partition coefficient (Wildman–Crippen LogP) is 2.65. The first-order valence-electron chi connectivity index (χ1n) is 8.91. The molecular weight excluding hydrogens is 375 g/mol. The van der Waals surface area contributed by atoms with Crippen molar-refractivity contribution in [2.45, 2.75) is 43.8 Å². The predicted molar refractivity (Wildman–Crippen MR) is 105 cm³/mol. The zero-order valence-corrected chi connectivity index (χ0v) is 16.3. The molecule has 3 saturated heterocycles. The number of carbonyl (C=O) groups is 2. The molecule has 0 radical (unpaired) electrons. The van der Waals surface area contributed by atoms with Gasteiger partial charge < -0.3 is 15.5 Å². The van der Waals surface area contributed by atoms with Crippen molar-refractivity contribution in [2.75, 3.05) is 25.0 Å². The maximum Gasteiger partial charge on any atom is 0.322 e. The fraction of sp³-hybridized carbons (Fsp3) is 0.556. The Hall–Kier alpha value is -1.50. The molecule has 1 aromatic carbocycles. The average Bonchev–Trinajstić information content (AvgIpc) is 3.19. The minimum atomic E-state index is -0.171. The van der Waals surface area contributed by atoms with Crippen molar-refractivity contribution in [1.29, 1.82) is 0 Å². The number of piperidine rings is 1. The van der Waals surface area contributed by atoms with E-state index in [2.05, 4.69) is 10.6 Å². The van der Waals surface area contributed by atoms with Crippen LogP contribution in [0.5, 0.6) is 0 Å². The number of carbonyl (C=O) groups excluding carboxylic acids is 2. The van der Waals surface area contributed by atoms with E-state index >= 15 is 0 Å². The summed E-state index contributed by atoms with van der Waals surface area (Å²) in [6.45, 7) is 1.15. The maximum absolute atomic E-state index is 13.0. The summed E-state index contributed by atoms with van der Waals surface area (Å²) >= 11 is 6.27. The van der Waals surface area contributed by atoms with Gasteiger partial charge >= 0.3 is 6.03 Å². The van der Waals surface area contributed by atoms with Crippen molar-refractivity contribution in [3.05, 3.63) is 28.8 Å². The summed E-state index contributed by atoms with van der Waals surface area (Å²) in [4.78, 5) is 28.4. The highest BCUT2D eigenvalue weighted by Crippen LogP contribution is 2.32. The fourth-order valence-corrected chi connectivity index (χ4v) is 4.49. The molecule has 2 unspecified atom stereocenters. The first kappa shape index (κ1) is 19.3. The van der Waals surface area contributed by atoms with E-state index in [1.807, 2.05) is 11.9 Å². The molecule has 0 aliphatic carbocycles. The van der Waals surface area contributed by atoms with Crippen LogP contribution in [0, 0.1) is 0 Å². The quantitative estimate of drug-likeness (QED) is 0.822. The second-order valence-electron chi connectivity index (χ2n) is 7.23. The monoisotopic (exact) mass is 398 g/mol. The van der Waals surface area contributed by atoms with Gasteiger partial charge in [0.2, 0.25) is 0 Å². The number of benzene rings is 1. The molecule has 6 nitrogen and oxygen atoms in total. The average molecular weight is 399 g/mol. The molecule has 3 amide bonds. The molecule has 26 heavy (non-hydrogen) atoms. The Morgan fingerprint density at radius 3 is 2.58 bits per heavy atom. The van der Waals surface area contributed by atoms with Crippen LogP contribution in [0.3, 0.4) is 0 Å². The van der Waals surface area contributed by atoms with E-state index in [1.165, 1.54) is 12.8 Å². The molecule has 2 N–H and O–H groups in total. The fourth-order valence-electron chi connectivity index (χ4n) is 4.27. The van der Waals surface area contributed by atoms with Gasteiger partial charge in [0.15, 0.2) is 0 Å². The Balaban J connectivity index is 0.00000196. The Labute approximate surface area is 164 Å². The number of amides is 3. The number of halogens is 2. The first-order valence-corrected chi connectivity index (χ1v) is 9.29. The molecule has 3 heterocycles. The number of urea groups is 1. The summed E-state index contributed by atoms with van der Waals surface area (Å²) in [7, 11) is 1.88. The maximum atomic E-state index is 13.0. The number of nitrogens with zero attached hydrogens (tertiary/aromatic N) is 2. The van der Waals surface area contributed by atoms with Crippen molar-refractivity contribution < 1.29 is 9.59 Å². The number of fused-ring (bicyclic) bond motifs is 2. The number of anilines is 1. The molecule has 0 aromatic heterocycles. The van der Waals surface area contributed by atoms with Gasteiger partial charge in [-0.1, -0.05) is 11.6 Å². The molecule has 2 atom stereocenters. The SMILES string of the molecule is CN(C(=O)c1ccc(Cl)c(N2CCNC2=O)c1)C1CC2CCC(C1)N2.Cl. The molecule has 0 saturated carbocycles. The number of hydrogen-bond acceptors (Lipinski definition) is 3. The molecule has 2 bridgehead atoms. The van der Waals surface area contributed by atoms with Crippen LogP contribution in [0.25, 0.3) is 0 Å². The lowest BCUT2D eigenvalue weighted by molar-refractivity contribution is 0.0681. The lowest BCUT2D eigenvalue weighted by atomic mass is 9.98. The molecule has 0 spiro atoms. The molecule has 8 heteroatoms. The second kappa shape index (κ2) is 7.62. The van der Waals surface area contributed by atoms with Crippen LogP contribution in [0.4, 0.5) is 10.5 Å². The van der Waals surface area contributed by atoms with Gasteiger partial charge in [0.1, 0.15) is 0 Å². The van der Waals surface area contributed by atoms with E-state index in [-0.39, 0.29) is 30.4 Å². The van der Waals surface area contributed by atoms with Crippen molar-refractivity contribution >= 4 is 41.6 Å². The zero-order chi connectivity index (χ0) is 17.6. The summed E-state index contributed by atoms with van der Waals surface area (Å²) in [5, 5.41) is 6.85. The smallest absolute Gasteiger partial charge is 0.322 e. The Morgan fingerprint density at radius 2 is 1.96 bits per heavy atom. The number of rotatable bonds is 3. The minimum absolute atomic E-state index is 0. The van der Waals surface area contributed by atoms with Crippen LogP contribution in [0.1, 0.15) is 36.0 Å². The molecule has 3 aliphatic rings. The highest BCUT2D eigenvalue weighted by molar-refractivity contribution is 6.34. The molecule has 142 valence electrons. The molecule has 4 rings (SSSR count). The lowest BCUT2D eigenvalue weighted by Crippen LogP contribution is -2.48. The Kier molecular flexibility index (Phi) is 5.65. The summed E-state index contributed by atoms with van der Waals surface area (Å²) in [5.41, 5.74) is 1.17. The zero-order valence-electron chi connectivity index (χ0n) is 14.7. The molecular formula is C18H24Cl2N4O2. The Bertz CT molecular complexity index is 702. The van der Waals surface area contributed by atoms with E-state index in [0.717, 1.165) is 12.8 Å². The standard InChI is InChI=1S/C18H23ClN4O2.ClH/c1-22(14-9-12-3-4-13(10-14)21-12)17(24)11-2-5-15(19)16(8-11)23-7-6-20-18(23)25;/h2,5,8,12-14,21H,3-4,6-7,9-10H2,1H3,(H,20,25);1H. The van der Waals surface area contributed by atoms with E-state index in [1.54, 1.807) is 23.1 Å². The van der Waals surface area contributed by atoms with Crippen molar-refractivity contribution in [3.63, 3.8) is 0 Å². The van der Waals surface area contributed by atoms with Crippen LogP contribution < -0.4 is 15.5 Å². The van der Waals surface area contributed by atoms with Crippen molar-refractivity contribution in [1.82, 2.24) is 15.5 Å². The van der Waals surface area contributed by atoms with Gasteiger partial charge in [-0.15, -0.1) is 12.4 Å². The van der Waals surface area contributed by atoms with Crippen LogP contribution in [0.15, 0.2) is 18.2 Å². The van der Waals surface area contributed by atoms with Gasteiger partial charge in [-0.3, -0.25) is 9.69 Å². The van der Waals surface area contributed by atoms with Gasteiger partial charge in [-0.25, -0.2) is 4.79 Å². The van der Waals surface area contributed by atoms with Crippen LogP contribution >= 0.6 is 24.0 Å². The topological polar surface area (TPSA) is 64.7 Å². The lowest BCUT2D eigenvalue weighted by Gasteiger charge is -2.35. The summed E-state index contributed by atoms with van der Waals surface area (Å²) in [6.07, 6.45) is 4.43. The Morgan fingerprint density at radius 1 is 1.27 bits per heavy atom. The summed E-state index contributed by atoms with van der Waals surface area (Å²) in [5.74, 6) is -0.0104. The third-order valence-electron chi connectivity index (χ3n) is 5.66. The molecule has 3 fully saturated rings. The first-order chi connectivity index (χ1) is 12.0. The third kappa shape index (κ3) is 3.50. The van der Waals surface area contributed by atoms with Gasteiger partial charge in [0.05, 0.1) is 10.7 Å². The summed E-state index contributed by atoms with van der Waals surface area (Å²) < 4.78 is 0. The number of nitrogens with one attached hydrogen (secondary N) is 2. The third-order valence-corrected chi connectivity index (χ3v) is 5.98. The highest BCUT2D eigenvalue weighted by atomic mass is 35.5. The van der Waals surface area contributed by atoms with Gasteiger partial charge in [-0.2, -0.15) is 0 Å². The van der Waals surface area contributed by atoms with E-state index in [4.69, 9.17) is 11.6 Å².